The standard InChI is InChI=1S/C13H11ClN2O4/c14-10-3-1-4-11(9-10)19-7-8-20-12-5-2-6-15-13(12)16(17)18/h1-6,9H,7-8H2. The summed E-state index contributed by atoms with van der Waals surface area (Å²) < 4.78 is 10.7. The summed E-state index contributed by atoms with van der Waals surface area (Å²) >= 11 is 5.81. The highest BCUT2D eigenvalue weighted by Gasteiger charge is 2.15. The first-order chi connectivity index (χ1) is 9.66. The van der Waals surface area contributed by atoms with E-state index in [0.29, 0.717) is 10.8 Å². The Morgan fingerprint density at radius 1 is 1.20 bits per heavy atom. The largest absolute Gasteiger partial charge is 0.490 e. The minimum Gasteiger partial charge on any atom is -0.490 e. The van der Waals surface area contributed by atoms with Crippen LogP contribution in [0.25, 0.3) is 0 Å². The predicted octanol–water partition coefficient (Wildman–Crippen LogP) is 3.10. The summed E-state index contributed by atoms with van der Waals surface area (Å²) in [6.45, 7) is 0.408. The molecule has 20 heavy (non-hydrogen) atoms. The van der Waals surface area contributed by atoms with E-state index in [4.69, 9.17) is 21.1 Å². The number of ether oxygens (including phenoxy) is 2. The first-order valence-corrected chi connectivity index (χ1v) is 6.15. The maximum absolute atomic E-state index is 10.7. The van der Waals surface area contributed by atoms with Crippen molar-refractivity contribution in [1.82, 2.24) is 4.98 Å². The zero-order valence-electron chi connectivity index (χ0n) is 10.4. The molecule has 0 spiro atoms. The van der Waals surface area contributed by atoms with Crippen LogP contribution in [0, 0.1) is 10.1 Å². The van der Waals surface area contributed by atoms with E-state index in [1.807, 2.05) is 0 Å². The Morgan fingerprint density at radius 3 is 2.75 bits per heavy atom. The summed E-state index contributed by atoms with van der Waals surface area (Å²) in [7, 11) is 0. The first-order valence-electron chi connectivity index (χ1n) is 5.77. The van der Waals surface area contributed by atoms with Gasteiger partial charge in [-0.1, -0.05) is 17.7 Å². The smallest absolute Gasteiger partial charge is 0.406 e. The second-order valence-electron chi connectivity index (χ2n) is 3.74. The average Bonchev–Trinajstić information content (AvgIpc) is 2.44. The highest BCUT2D eigenvalue weighted by atomic mass is 35.5. The van der Waals surface area contributed by atoms with Gasteiger partial charge in [-0.3, -0.25) is 0 Å². The lowest BCUT2D eigenvalue weighted by molar-refractivity contribution is -0.390. The minimum atomic E-state index is -0.590. The molecule has 0 saturated heterocycles. The van der Waals surface area contributed by atoms with Gasteiger partial charge in [0.15, 0.2) is 0 Å². The van der Waals surface area contributed by atoms with Crippen molar-refractivity contribution in [2.45, 2.75) is 0 Å². The second kappa shape index (κ2) is 6.72. The molecule has 0 unspecified atom stereocenters. The molecule has 0 amide bonds. The normalized spacial score (nSPS) is 10.1. The van der Waals surface area contributed by atoms with E-state index in [-0.39, 0.29) is 24.8 Å². The van der Waals surface area contributed by atoms with Crippen LogP contribution in [0.3, 0.4) is 0 Å². The molecule has 0 bridgehead atoms. The molecule has 0 aliphatic carbocycles. The van der Waals surface area contributed by atoms with E-state index in [1.54, 1.807) is 30.3 Å². The number of benzene rings is 1. The van der Waals surface area contributed by atoms with Gasteiger partial charge < -0.3 is 19.6 Å². The average molecular weight is 295 g/mol. The Kier molecular flexibility index (Phi) is 4.73. The van der Waals surface area contributed by atoms with Gasteiger partial charge in [0.25, 0.3) is 0 Å². The van der Waals surface area contributed by atoms with Gasteiger partial charge >= 0.3 is 5.82 Å². The van der Waals surface area contributed by atoms with Crippen LogP contribution in [0.4, 0.5) is 5.82 Å². The van der Waals surface area contributed by atoms with E-state index in [0.717, 1.165) is 0 Å². The van der Waals surface area contributed by atoms with Crippen molar-refractivity contribution < 1.29 is 14.4 Å². The summed E-state index contributed by atoms with van der Waals surface area (Å²) in [6.07, 6.45) is 1.34. The summed E-state index contributed by atoms with van der Waals surface area (Å²) in [5.74, 6) is 0.421. The van der Waals surface area contributed by atoms with Crippen molar-refractivity contribution in [2.75, 3.05) is 13.2 Å². The maximum atomic E-state index is 10.7. The van der Waals surface area contributed by atoms with Gasteiger partial charge in [0, 0.05) is 5.02 Å². The fraction of sp³-hybridized carbons (Fsp3) is 0.154. The van der Waals surface area contributed by atoms with Crippen molar-refractivity contribution in [3.63, 3.8) is 0 Å². The van der Waals surface area contributed by atoms with Gasteiger partial charge in [-0.05, 0) is 40.2 Å². The summed E-state index contributed by atoms with van der Waals surface area (Å²) in [4.78, 5) is 13.8. The fourth-order valence-corrected chi connectivity index (χ4v) is 1.68. The second-order valence-corrected chi connectivity index (χ2v) is 4.17. The topological polar surface area (TPSA) is 74.5 Å². The number of hydrogen-bond donors (Lipinski definition) is 0. The third-order valence-corrected chi connectivity index (χ3v) is 2.56. The Bertz CT molecular complexity index is 606. The summed E-state index contributed by atoms with van der Waals surface area (Å²) in [6, 6.07) is 10.0. The number of pyridine rings is 1. The van der Waals surface area contributed by atoms with E-state index in [2.05, 4.69) is 4.98 Å². The Labute approximate surface area is 120 Å². The van der Waals surface area contributed by atoms with E-state index in [1.165, 1.54) is 12.3 Å². The first kappa shape index (κ1) is 14.1. The van der Waals surface area contributed by atoms with Gasteiger partial charge in [0.05, 0.1) is 0 Å². The Hall–Kier alpha value is -2.34. The lowest BCUT2D eigenvalue weighted by Crippen LogP contribution is -2.10. The van der Waals surface area contributed by atoms with Crippen molar-refractivity contribution >= 4 is 17.4 Å². The molecule has 7 heteroatoms. The lowest BCUT2D eigenvalue weighted by atomic mass is 10.3. The van der Waals surface area contributed by atoms with Crippen LogP contribution in [0.1, 0.15) is 0 Å². The molecule has 1 aromatic carbocycles. The highest BCUT2D eigenvalue weighted by Crippen LogP contribution is 2.22. The van der Waals surface area contributed by atoms with Crippen LogP contribution < -0.4 is 9.47 Å². The number of nitrogens with zero attached hydrogens (tertiary/aromatic N) is 2. The Balaban J connectivity index is 1.86. The molecular weight excluding hydrogens is 284 g/mol. The highest BCUT2D eigenvalue weighted by molar-refractivity contribution is 6.30. The summed E-state index contributed by atoms with van der Waals surface area (Å²) in [5.41, 5.74) is 0. The van der Waals surface area contributed by atoms with Crippen molar-refractivity contribution in [3.05, 3.63) is 57.7 Å². The molecule has 1 aromatic heterocycles. The van der Waals surface area contributed by atoms with Crippen LogP contribution in [-0.2, 0) is 0 Å². The molecule has 2 aromatic rings. The van der Waals surface area contributed by atoms with Crippen LogP contribution >= 0.6 is 11.6 Å². The van der Waals surface area contributed by atoms with Gasteiger partial charge in [-0.2, -0.15) is 0 Å². The minimum absolute atomic E-state index is 0.118. The van der Waals surface area contributed by atoms with Crippen LogP contribution in [0.15, 0.2) is 42.6 Å². The predicted molar refractivity (Wildman–Crippen MR) is 73.3 cm³/mol. The number of rotatable bonds is 6. The molecule has 0 fully saturated rings. The third kappa shape index (κ3) is 3.83. The summed E-state index contributed by atoms with van der Waals surface area (Å²) in [5, 5.41) is 11.3. The third-order valence-electron chi connectivity index (χ3n) is 2.33. The lowest BCUT2D eigenvalue weighted by Gasteiger charge is -2.08. The van der Waals surface area contributed by atoms with Crippen molar-refractivity contribution in [2.24, 2.45) is 0 Å². The fourth-order valence-electron chi connectivity index (χ4n) is 1.50. The number of aromatic nitrogens is 1. The SMILES string of the molecule is O=[N+]([O-])c1ncccc1OCCOc1cccc(Cl)c1. The van der Waals surface area contributed by atoms with Gasteiger partial charge in [-0.15, -0.1) is 0 Å². The van der Waals surface area contributed by atoms with Gasteiger partial charge in [0.2, 0.25) is 5.75 Å². The number of nitro groups is 1. The number of halogens is 1. The molecule has 0 aliphatic rings. The van der Waals surface area contributed by atoms with Gasteiger partial charge in [-0.25, -0.2) is 0 Å². The van der Waals surface area contributed by atoms with Gasteiger partial charge in [0.1, 0.15) is 25.2 Å². The molecule has 6 nitrogen and oxygen atoms in total. The van der Waals surface area contributed by atoms with E-state index < -0.39 is 4.92 Å². The zero-order valence-corrected chi connectivity index (χ0v) is 11.1. The van der Waals surface area contributed by atoms with Crippen LogP contribution in [0.2, 0.25) is 5.02 Å². The Morgan fingerprint density at radius 2 is 2.00 bits per heavy atom. The maximum Gasteiger partial charge on any atom is 0.406 e. The van der Waals surface area contributed by atoms with Crippen molar-refractivity contribution in [1.29, 1.82) is 0 Å². The molecule has 2 rings (SSSR count). The van der Waals surface area contributed by atoms with E-state index >= 15 is 0 Å². The van der Waals surface area contributed by atoms with Crippen LogP contribution in [-0.4, -0.2) is 23.1 Å². The molecule has 0 radical (unpaired) electrons. The monoisotopic (exact) mass is 294 g/mol. The molecule has 104 valence electrons. The molecule has 0 atom stereocenters. The zero-order chi connectivity index (χ0) is 14.4. The molecule has 0 saturated carbocycles. The van der Waals surface area contributed by atoms with Crippen molar-refractivity contribution in [3.8, 4) is 11.5 Å². The molecule has 1 heterocycles. The molecule has 0 aliphatic heterocycles. The quantitative estimate of drug-likeness (QED) is 0.465. The van der Waals surface area contributed by atoms with Crippen LogP contribution in [0.5, 0.6) is 11.5 Å². The molecule has 0 N–H and O–H groups in total. The van der Waals surface area contributed by atoms with E-state index in [9.17, 15) is 10.1 Å². The number of hydrogen-bond acceptors (Lipinski definition) is 5. The molecular formula is C13H11ClN2O4.